The molecule has 0 bridgehead atoms. The van der Waals surface area contributed by atoms with Gasteiger partial charge >= 0.3 is 0 Å². The Kier molecular flexibility index (Phi) is 4.28. The van der Waals surface area contributed by atoms with E-state index in [0.717, 1.165) is 20.6 Å². The second-order valence-electron chi connectivity index (χ2n) is 4.71. The summed E-state index contributed by atoms with van der Waals surface area (Å²) in [7, 11) is 0. The third-order valence-electron chi connectivity index (χ3n) is 3.08. The second kappa shape index (κ2) is 6.34. The molecule has 1 aliphatic heterocycles. The topological polar surface area (TPSA) is 47.6 Å². The van der Waals surface area contributed by atoms with Crippen LogP contribution in [0.4, 0.5) is 5.69 Å². The SMILES string of the molecule is O=C(Cc1ccc2c(c1)OCCO2)Nc1cccc(I)c1. The quantitative estimate of drug-likeness (QED) is 0.812. The van der Waals surface area contributed by atoms with Crippen molar-refractivity contribution in [1.82, 2.24) is 0 Å². The van der Waals surface area contributed by atoms with E-state index in [4.69, 9.17) is 9.47 Å². The Bertz CT molecular complexity index is 672. The van der Waals surface area contributed by atoms with Gasteiger partial charge in [0.2, 0.25) is 5.91 Å². The van der Waals surface area contributed by atoms with Crippen molar-refractivity contribution in [2.45, 2.75) is 6.42 Å². The summed E-state index contributed by atoms with van der Waals surface area (Å²) >= 11 is 2.22. The fourth-order valence-corrected chi connectivity index (χ4v) is 2.70. The molecule has 4 nitrogen and oxygen atoms in total. The van der Waals surface area contributed by atoms with Crippen molar-refractivity contribution in [3.8, 4) is 11.5 Å². The van der Waals surface area contributed by atoms with Crippen LogP contribution in [0.2, 0.25) is 0 Å². The van der Waals surface area contributed by atoms with Crippen molar-refractivity contribution in [1.29, 1.82) is 0 Å². The van der Waals surface area contributed by atoms with Gasteiger partial charge in [0, 0.05) is 9.26 Å². The van der Waals surface area contributed by atoms with Gasteiger partial charge in [0.05, 0.1) is 6.42 Å². The molecule has 0 radical (unpaired) electrons. The van der Waals surface area contributed by atoms with Gasteiger partial charge in [-0.05, 0) is 58.5 Å². The van der Waals surface area contributed by atoms with Crippen LogP contribution in [0.5, 0.6) is 11.5 Å². The minimum absolute atomic E-state index is 0.0475. The fraction of sp³-hybridized carbons (Fsp3) is 0.188. The third kappa shape index (κ3) is 3.66. The zero-order chi connectivity index (χ0) is 14.7. The number of hydrogen-bond donors (Lipinski definition) is 1. The molecule has 0 spiro atoms. The van der Waals surface area contributed by atoms with Crippen LogP contribution in [0.3, 0.4) is 0 Å². The highest BCUT2D eigenvalue weighted by atomic mass is 127. The zero-order valence-electron chi connectivity index (χ0n) is 11.3. The van der Waals surface area contributed by atoms with Crippen LogP contribution in [0, 0.1) is 3.57 Å². The Labute approximate surface area is 136 Å². The molecule has 3 rings (SSSR count). The predicted octanol–water partition coefficient (Wildman–Crippen LogP) is 3.24. The summed E-state index contributed by atoms with van der Waals surface area (Å²) in [6.07, 6.45) is 0.308. The largest absolute Gasteiger partial charge is 0.486 e. The van der Waals surface area contributed by atoms with Gasteiger partial charge in [-0.3, -0.25) is 4.79 Å². The summed E-state index contributed by atoms with van der Waals surface area (Å²) in [6, 6.07) is 13.3. The summed E-state index contributed by atoms with van der Waals surface area (Å²) in [5.41, 5.74) is 1.71. The number of benzene rings is 2. The van der Waals surface area contributed by atoms with Gasteiger partial charge in [0.1, 0.15) is 13.2 Å². The van der Waals surface area contributed by atoms with Gasteiger partial charge in [0.25, 0.3) is 0 Å². The Hall–Kier alpha value is -1.76. The lowest BCUT2D eigenvalue weighted by atomic mass is 10.1. The number of nitrogens with one attached hydrogen (secondary N) is 1. The van der Waals surface area contributed by atoms with Crippen LogP contribution in [-0.2, 0) is 11.2 Å². The van der Waals surface area contributed by atoms with Crippen molar-refractivity contribution >= 4 is 34.2 Å². The van der Waals surface area contributed by atoms with Gasteiger partial charge < -0.3 is 14.8 Å². The van der Waals surface area contributed by atoms with Crippen LogP contribution >= 0.6 is 22.6 Å². The molecule has 21 heavy (non-hydrogen) atoms. The molecule has 1 aliphatic rings. The summed E-state index contributed by atoms with van der Waals surface area (Å²) in [5, 5.41) is 2.90. The molecule has 1 heterocycles. The summed E-state index contributed by atoms with van der Waals surface area (Å²) in [5.74, 6) is 1.40. The molecule has 0 saturated carbocycles. The first kappa shape index (κ1) is 14.2. The lowest BCUT2D eigenvalue weighted by Crippen LogP contribution is -2.17. The maximum absolute atomic E-state index is 12.1. The first-order chi connectivity index (χ1) is 10.2. The number of halogens is 1. The number of carbonyl (C=O) groups is 1. The third-order valence-corrected chi connectivity index (χ3v) is 3.75. The lowest BCUT2D eigenvalue weighted by molar-refractivity contribution is -0.115. The molecular formula is C16H14INO3. The molecule has 0 aliphatic carbocycles. The second-order valence-corrected chi connectivity index (χ2v) is 5.96. The summed E-state index contributed by atoms with van der Waals surface area (Å²) < 4.78 is 12.1. The van der Waals surface area contributed by atoms with E-state index in [1.54, 1.807) is 0 Å². The smallest absolute Gasteiger partial charge is 0.228 e. The molecule has 2 aromatic carbocycles. The number of fused-ring (bicyclic) bond motifs is 1. The number of hydrogen-bond acceptors (Lipinski definition) is 3. The first-order valence-corrected chi connectivity index (χ1v) is 7.72. The van der Waals surface area contributed by atoms with E-state index in [9.17, 15) is 4.79 Å². The number of ether oxygens (including phenoxy) is 2. The molecular weight excluding hydrogens is 381 g/mol. The Morgan fingerprint density at radius 1 is 1.10 bits per heavy atom. The van der Waals surface area contributed by atoms with Gasteiger partial charge in [-0.25, -0.2) is 0 Å². The highest BCUT2D eigenvalue weighted by Crippen LogP contribution is 2.30. The molecule has 0 saturated heterocycles. The van der Waals surface area contributed by atoms with E-state index in [-0.39, 0.29) is 5.91 Å². The van der Waals surface area contributed by atoms with E-state index in [1.165, 1.54) is 0 Å². The van der Waals surface area contributed by atoms with Gasteiger partial charge in [0.15, 0.2) is 11.5 Å². The number of amides is 1. The van der Waals surface area contributed by atoms with Gasteiger partial charge in [-0.2, -0.15) is 0 Å². The van der Waals surface area contributed by atoms with E-state index in [1.807, 2.05) is 42.5 Å². The molecule has 1 N–H and O–H groups in total. The van der Waals surface area contributed by atoms with Crippen molar-refractivity contribution in [3.63, 3.8) is 0 Å². The molecule has 0 fully saturated rings. The summed E-state index contributed by atoms with van der Waals surface area (Å²) in [6.45, 7) is 1.12. The molecule has 108 valence electrons. The van der Waals surface area contributed by atoms with Crippen LogP contribution < -0.4 is 14.8 Å². The van der Waals surface area contributed by atoms with E-state index >= 15 is 0 Å². The Morgan fingerprint density at radius 2 is 1.90 bits per heavy atom. The first-order valence-electron chi connectivity index (χ1n) is 6.65. The molecule has 5 heteroatoms. The predicted molar refractivity (Wildman–Crippen MR) is 88.9 cm³/mol. The standard InChI is InChI=1S/C16H14INO3/c17-12-2-1-3-13(10-12)18-16(19)9-11-4-5-14-15(8-11)21-7-6-20-14/h1-5,8,10H,6-7,9H2,(H,18,19). The van der Waals surface area contributed by atoms with Crippen molar-refractivity contribution < 1.29 is 14.3 Å². The normalized spacial score (nSPS) is 12.8. The van der Waals surface area contributed by atoms with Gasteiger partial charge in [-0.15, -0.1) is 0 Å². The van der Waals surface area contributed by atoms with Crippen molar-refractivity contribution in [2.75, 3.05) is 18.5 Å². The zero-order valence-corrected chi connectivity index (χ0v) is 13.4. The van der Waals surface area contributed by atoms with Crippen LogP contribution in [0.15, 0.2) is 42.5 Å². The van der Waals surface area contributed by atoms with Gasteiger partial charge in [-0.1, -0.05) is 12.1 Å². The average Bonchev–Trinajstić information content (AvgIpc) is 2.47. The minimum Gasteiger partial charge on any atom is -0.486 e. The Morgan fingerprint density at radius 3 is 2.71 bits per heavy atom. The average molecular weight is 395 g/mol. The molecule has 0 atom stereocenters. The van der Waals surface area contributed by atoms with E-state index < -0.39 is 0 Å². The maximum atomic E-state index is 12.1. The summed E-state index contributed by atoms with van der Waals surface area (Å²) in [4.78, 5) is 12.1. The van der Waals surface area contributed by atoms with Crippen LogP contribution in [0.25, 0.3) is 0 Å². The van der Waals surface area contributed by atoms with E-state index in [2.05, 4.69) is 27.9 Å². The molecule has 0 unspecified atom stereocenters. The van der Waals surface area contributed by atoms with Crippen LogP contribution in [-0.4, -0.2) is 19.1 Å². The monoisotopic (exact) mass is 395 g/mol. The number of rotatable bonds is 3. The lowest BCUT2D eigenvalue weighted by Gasteiger charge is -2.18. The van der Waals surface area contributed by atoms with E-state index in [0.29, 0.717) is 25.4 Å². The van der Waals surface area contributed by atoms with Crippen molar-refractivity contribution in [3.05, 3.63) is 51.6 Å². The number of anilines is 1. The molecule has 2 aromatic rings. The Balaban J connectivity index is 1.67. The molecule has 1 amide bonds. The molecule has 0 aromatic heterocycles. The van der Waals surface area contributed by atoms with Crippen LogP contribution in [0.1, 0.15) is 5.56 Å². The fourth-order valence-electron chi connectivity index (χ4n) is 2.15. The van der Waals surface area contributed by atoms with Crippen molar-refractivity contribution in [2.24, 2.45) is 0 Å². The number of carbonyl (C=O) groups excluding carboxylic acids is 1. The highest BCUT2D eigenvalue weighted by molar-refractivity contribution is 14.1. The highest BCUT2D eigenvalue weighted by Gasteiger charge is 2.13. The minimum atomic E-state index is -0.0475. The maximum Gasteiger partial charge on any atom is 0.228 e.